The Hall–Kier alpha value is -1.89. The van der Waals surface area contributed by atoms with Crippen molar-refractivity contribution >= 4 is 27.7 Å². The van der Waals surface area contributed by atoms with E-state index in [9.17, 15) is 13.6 Å². The number of anilines is 1. The minimum Gasteiger partial charge on any atom is -0.306 e. The molecule has 0 unspecified atom stereocenters. The van der Waals surface area contributed by atoms with Gasteiger partial charge in [0.1, 0.15) is 5.82 Å². The molecule has 0 aromatic carbocycles. The number of carbonyl (C=O) groups excluding carboxylic acids is 1. The van der Waals surface area contributed by atoms with Gasteiger partial charge >= 0.3 is 0 Å². The number of carbonyl (C=O) groups is 1. The van der Waals surface area contributed by atoms with Crippen molar-refractivity contribution in [3.63, 3.8) is 0 Å². The van der Waals surface area contributed by atoms with E-state index in [4.69, 9.17) is 0 Å². The zero-order valence-electron chi connectivity index (χ0n) is 8.82. The van der Waals surface area contributed by atoms with Gasteiger partial charge in [-0.15, -0.1) is 0 Å². The largest absolute Gasteiger partial charge is 0.306 e. The van der Waals surface area contributed by atoms with E-state index in [-0.39, 0.29) is 5.82 Å². The van der Waals surface area contributed by atoms with Crippen molar-refractivity contribution < 1.29 is 13.6 Å². The predicted molar refractivity (Wildman–Crippen MR) is 64.0 cm³/mol. The van der Waals surface area contributed by atoms with Crippen molar-refractivity contribution in [3.05, 3.63) is 52.4 Å². The molecule has 1 amide bonds. The quantitative estimate of drug-likeness (QED) is 0.867. The lowest BCUT2D eigenvalue weighted by Crippen LogP contribution is -2.15. The van der Waals surface area contributed by atoms with E-state index in [1.807, 2.05) is 0 Å². The fourth-order valence-electron chi connectivity index (χ4n) is 1.25. The van der Waals surface area contributed by atoms with Crippen LogP contribution in [0.5, 0.6) is 0 Å². The second-order valence-corrected chi connectivity index (χ2v) is 4.19. The van der Waals surface area contributed by atoms with E-state index in [1.165, 1.54) is 12.3 Å². The highest BCUT2D eigenvalue weighted by atomic mass is 79.9. The number of halogens is 3. The summed E-state index contributed by atoms with van der Waals surface area (Å²) >= 11 is 3.20. The maximum absolute atomic E-state index is 13.3. The van der Waals surface area contributed by atoms with Crippen LogP contribution >= 0.6 is 15.9 Å². The molecule has 0 aliphatic rings. The first-order valence-corrected chi connectivity index (χ1v) is 5.60. The molecular formula is C11H6BrF2N3O. The van der Waals surface area contributed by atoms with Gasteiger partial charge in [0.25, 0.3) is 5.91 Å². The number of nitrogens with zero attached hydrogens (tertiary/aromatic N) is 2. The first-order valence-electron chi connectivity index (χ1n) is 4.81. The molecule has 0 bridgehead atoms. The molecule has 0 spiro atoms. The third-order valence-electron chi connectivity index (χ3n) is 2.05. The highest BCUT2D eigenvalue weighted by Crippen LogP contribution is 2.15. The van der Waals surface area contributed by atoms with E-state index in [1.54, 1.807) is 6.07 Å². The van der Waals surface area contributed by atoms with Gasteiger partial charge in [-0.05, 0) is 18.2 Å². The van der Waals surface area contributed by atoms with Crippen LogP contribution in [-0.2, 0) is 0 Å². The summed E-state index contributed by atoms with van der Waals surface area (Å²) in [6.07, 6.45) is 2.48. The summed E-state index contributed by atoms with van der Waals surface area (Å²) in [7, 11) is 0. The first-order chi connectivity index (χ1) is 8.58. The van der Waals surface area contributed by atoms with E-state index in [2.05, 4.69) is 31.2 Å². The van der Waals surface area contributed by atoms with Crippen molar-refractivity contribution in [3.8, 4) is 0 Å². The molecule has 1 N–H and O–H groups in total. The lowest BCUT2D eigenvalue weighted by atomic mass is 10.2. The highest BCUT2D eigenvalue weighted by Gasteiger charge is 2.16. The maximum atomic E-state index is 13.3. The smallest absolute Gasteiger partial charge is 0.260 e. The van der Waals surface area contributed by atoms with Crippen molar-refractivity contribution in [1.82, 2.24) is 9.97 Å². The van der Waals surface area contributed by atoms with Crippen LogP contribution in [-0.4, -0.2) is 15.9 Å². The normalized spacial score (nSPS) is 10.2. The Bertz CT molecular complexity index is 607. The Morgan fingerprint density at radius 2 is 1.94 bits per heavy atom. The van der Waals surface area contributed by atoms with Crippen molar-refractivity contribution in [2.45, 2.75) is 0 Å². The average molecular weight is 314 g/mol. The summed E-state index contributed by atoms with van der Waals surface area (Å²) in [6, 6.07) is 4.29. The Labute approximate surface area is 109 Å². The fourth-order valence-corrected chi connectivity index (χ4v) is 1.59. The molecule has 92 valence electrons. The number of hydrogen-bond acceptors (Lipinski definition) is 3. The fraction of sp³-hybridized carbons (Fsp3) is 0. The molecule has 2 heterocycles. The van der Waals surface area contributed by atoms with Crippen LogP contribution < -0.4 is 5.32 Å². The van der Waals surface area contributed by atoms with Gasteiger partial charge < -0.3 is 5.32 Å². The summed E-state index contributed by atoms with van der Waals surface area (Å²) in [5, 5.41) is 2.35. The predicted octanol–water partition coefficient (Wildman–Crippen LogP) is 2.77. The third-order valence-corrected chi connectivity index (χ3v) is 2.55. The highest BCUT2D eigenvalue weighted by molar-refractivity contribution is 9.10. The third kappa shape index (κ3) is 2.67. The number of nitrogens with one attached hydrogen (secondary N) is 1. The van der Waals surface area contributed by atoms with Crippen LogP contribution in [0.25, 0.3) is 0 Å². The van der Waals surface area contributed by atoms with Gasteiger partial charge in [0, 0.05) is 16.9 Å². The monoisotopic (exact) mass is 313 g/mol. The van der Waals surface area contributed by atoms with Crippen LogP contribution in [0.1, 0.15) is 10.4 Å². The standard InChI is InChI=1S/C11H6BrF2N3O/c12-6-1-3-15-8(5-6)17-11(18)7-2-4-16-10(14)9(7)13/h1-5H,(H,15,17,18). The average Bonchev–Trinajstić information content (AvgIpc) is 2.32. The molecule has 4 nitrogen and oxygen atoms in total. The van der Waals surface area contributed by atoms with Crippen LogP contribution in [0.2, 0.25) is 0 Å². The molecule has 7 heteroatoms. The zero-order chi connectivity index (χ0) is 13.1. The number of hydrogen-bond donors (Lipinski definition) is 1. The number of amides is 1. The minimum absolute atomic E-state index is 0.228. The molecule has 0 fully saturated rings. The summed E-state index contributed by atoms with van der Waals surface area (Å²) in [6.45, 7) is 0. The molecule has 2 aromatic heterocycles. The molecule has 0 aliphatic carbocycles. The van der Waals surface area contributed by atoms with E-state index in [0.717, 1.165) is 12.3 Å². The van der Waals surface area contributed by atoms with Crippen LogP contribution in [0.15, 0.2) is 35.1 Å². The van der Waals surface area contributed by atoms with E-state index >= 15 is 0 Å². The van der Waals surface area contributed by atoms with Gasteiger partial charge in [0.05, 0.1) is 5.56 Å². The van der Waals surface area contributed by atoms with Gasteiger partial charge in [-0.2, -0.15) is 4.39 Å². The van der Waals surface area contributed by atoms with E-state index < -0.39 is 23.2 Å². The van der Waals surface area contributed by atoms with Crippen LogP contribution in [0.3, 0.4) is 0 Å². The maximum Gasteiger partial charge on any atom is 0.260 e. The first kappa shape index (κ1) is 12.6. The van der Waals surface area contributed by atoms with Crippen molar-refractivity contribution in [2.24, 2.45) is 0 Å². The van der Waals surface area contributed by atoms with Crippen molar-refractivity contribution in [1.29, 1.82) is 0 Å². The van der Waals surface area contributed by atoms with Gasteiger partial charge in [0.15, 0.2) is 5.82 Å². The van der Waals surface area contributed by atoms with Gasteiger partial charge in [-0.3, -0.25) is 4.79 Å². The second kappa shape index (κ2) is 5.18. The molecule has 2 aromatic rings. The molecule has 2 rings (SSSR count). The summed E-state index contributed by atoms with van der Waals surface area (Å²) in [5.74, 6) is -3.17. The minimum atomic E-state index is -1.31. The number of rotatable bonds is 2. The summed E-state index contributed by atoms with van der Waals surface area (Å²) < 4.78 is 26.9. The molecular weight excluding hydrogens is 308 g/mol. The molecule has 0 saturated heterocycles. The zero-order valence-corrected chi connectivity index (χ0v) is 10.4. The Balaban J connectivity index is 2.25. The van der Waals surface area contributed by atoms with Gasteiger partial charge in [0.2, 0.25) is 5.95 Å². The van der Waals surface area contributed by atoms with Crippen LogP contribution in [0.4, 0.5) is 14.6 Å². The van der Waals surface area contributed by atoms with Gasteiger partial charge in [-0.25, -0.2) is 14.4 Å². The molecule has 0 atom stereocenters. The number of pyridine rings is 2. The van der Waals surface area contributed by atoms with Crippen LogP contribution in [0, 0.1) is 11.8 Å². The summed E-state index contributed by atoms with van der Waals surface area (Å²) in [4.78, 5) is 18.7. The number of aromatic nitrogens is 2. The summed E-state index contributed by atoms with van der Waals surface area (Å²) in [5.41, 5.74) is -0.427. The molecule has 18 heavy (non-hydrogen) atoms. The Morgan fingerprint density at radius 1 is 1.22 bits per heavy atom. The topological polar surface area (TPSA) is 54.9 Å². The van der Waals surface area contributed by atoms with Gasteiger partial charge in [-0.1, -0.05) is 15.9 Å². The SMILES string of the molecule is O=C(Nc1cc(Br)ccn1)c1ccnc(F)c1F. The molecule has 0 radical (unpaired) electrons. The second-order valence-electron chi connectivity index (χ2n) is 3.28. The molecule has 0 saturated carbocycles. The Morgan fingerprint density at radius 3 is 2.67 bits per heavy atom. The van der Waals surface area contributed by atoms with E-state index in [0.29, 0.717) is 4.47 Å². The molecule has 0 aliphatic heterocycles. The lowest BCUT2D eigenvalue weighted by Gasteiger charge is -2.05. The van der Waals surface area contributed by atoms with Crippen molar-refractivity contribution in [2.75, 3.05) is 5.32 Å². The Kier molecular flexibility index (Phi) is 3.61. The lowest BCUT2D eigenvalue weighted by molar-refractivity contribution is 0.102.